The van der Waals surface area contributed by atoms with E-state index in [4.69, 9.17) is 16.3 Å². The Morgan fingerprint density at radius 1 is 1.08 bits per heavy atom. The van der Waals surface area contributed by atoms with Crippen LogP contribution in [0.4, 0.5) is 4.79 Å². The second kappa shape index (κ2) is 10.8. The van der Waals surface area contributed by atoms with Gasteiger partial charge in [-0.25, -0.2) is 4.79 Å². The molecule has 2 aliphatic heterocycles. The van der Waals surface area contributed by atoms with Gasteiger partial charge in [0, 0.05) is 24.7 Å². The summed E-state index contributed by atoms with van der Waals surface area (Å²) in [6.07, 6.45) is 2.63. The van der Waals surface area contributed by atoms with Crippen LogP contribution in [0.5, 0.6) is 0 Å². The number of likely N-dealkylation sites (tertiary alicyclic amines) is 1. The summed E-state index contributed by atoms with van der Waals surface area (Å²) in [5, 5.41) is 3.48. The fourth-order valence-electron chi connectivity index (χ4n) is 6.31. The smallest absolute Gasteiger partial charge is 0.327 e. The Labute approximate surface area is 222 Å². The fraction of sp³-hybridized carbons (Fsp3) is 0.464. The van der Waals surface area contributed by atoms with Crippen LogP contribution < -0.4 is 5.32 Å². The Morgan fingerprint density at radius 2 is 1.81 bits per heavy atom. The molecular formula is C28H33ClN4O4. The highest BCUT2D eigenvalue weighted by Crippen LogP contribution is 2.44. The molecule has 4 amide bonds. The molecule has 9 heteroatoms. The van der Waals surface area contributed by atoms with Crippen LogP contribution in [0.25, 0.3) is 0 Å². The summed E-state index contributed by atoms with van der Waals surface area (Å²) in [5.41, 5.74) is 1.67. The first kappa shape index (κ1) is 25.7. The molecule has 0 bridgehead atoms. The van der Waals surface area contributed by atoms with Gasteiger partial charge in [0.1, 0.15) is 12.6 Å². The van der Waals surface area contributed by atoms with Crippen LogP contribution in [-0.2, 0) is 27.4 Å². The zero-order valence-electron chi connectivity index (χ0n) is 21.2. The van der Waals surface area contributed by atoms with Gasteiger partial charge in [-0.05, 0) is 49.4 Å². The van der Waals surface area contributed by atoms with Gasteiger partial charge in [0.25, 0.3) is 0 Å². The van der Waals surface area contributed by atoms with E-state index in [0.29, 0.717) is 5.02 Å². The van der Waals surface area contributed by atoms with Crippen LogP contribution in [0, 0.1) is 5.92 Å². The van der Waals surface area contributed by atoms with E-state index < -0.39 is 12.1 Å². The molecule has 3 aliphatic rings. The lowest BCUT2D eigenvalue weighted by Gasteiger charge is -2.44. The van der Waals surface area contributed by atoms with Crippen molar-refractivity contribution in [3.8, 4) is 0 Å². The van der Waals surface area contributed by atoms with Crippen LogP contribution in [-0.4, -0.2) is 77.5 Å². The number of hydrogen-bond donors (Lipinski definition) is 1. The van der Waals surface area contributed by atoms with Crippen molar-refractivity contribution < 1.29 is 19.1 Å². The van der Waals surface area contributed by atoms with Crippen LogP contribution in [0.15, 0.2) is 54.6 Å². The van der Waals surface area contributed by atoms with Crippen molar-refractivity contribution in [2.45, 2.75) is 56.6 Å². The number of imide groups is 1. The van der Waals surface area contributed by atoms with E-state index in [0.717, 1.165) is 30.4 Å². The molecule has 1 aliphatic carbocycles. The molecule has 0 radical (unpaired) electrons. The lowest BCUT2D eigenvalue weighted by Crippen LogP contribution is -2.66. The molecule has 2 heterocycles. The number of benzene rings is 2. The summed E-state index contributed by atoms with van der Waals surface area (Å²) in [4.78, 5) is 45.9. The number of carbonyl (C=O) groups is 3. The quantitative estimate of drug-likeness (QED) is 0.601. The first-order valence-electron chi connectivity index (χ1n) is 12.8. The molecule has 5 unspecified atom stereocenters. The summed E-state index contributed by atoms with van der Waals surface area (Å²) in [6, 6.07) is 15.7. The lowest BCUT2D eigenvalue weighted by atomic mass is 9.79. The zero-order valence-corrected chi connectivity index (χ0v) is 21.9. The Morgan fingerprint density at radius 3 is 2.54 bits per heavy atom. The van der Waals surface area contributed by atoms with Crippen molar-refractivity contribution in [1.82, 2.24) is 20.0 Å². The van der Waals surface area contributed by atoms with Gasteiger partial charge in [-0.2, -0.15) is 0 Å². The zero-order chi connectivity index (χ0) is 26.1. The standard InChI is InChI=1S/C28H33ClN4O4/c1-31-23-13-12-20(37-2)14-21(23)25-26(31)27(35)33(16-18-8-4-3-5-9-18)28(36)32(25)17-24(34)30-15-19-10-6-7-11-22(19)29/h3-11,20-21,23,25-26H,12-17H2,1-2H3,(H,30,34). The van der Waals surface area contributed by atoms with Crippen LogP contribution in [0.2, 0.25) is 5.02 Å². The molecule has 2 saturated heterocycles. The van der Waals surface area contributed by atoms with Crippen molar-refractivity contribution in [3.63, 3.8) is 0 Å². The van der Waals surface area contributed by atoms with E-state index >= 15 is 0 Å². The summed E-state index contributed by atoms with van der Waals surface area (Å²) in [7, 11) is 3.68. The molecule has 8 nitrogen and oxygen atoms in total. The number of methoxy groups -OCH3 is 1. The van der Waals surface area contributed by atoms with Gasteiger partial charge in [-0.1, -0.05) is 60.1 Å². The molecule has 2 aromatic carbocycles. The number of nitrogens with zero attached hydrogens (tertiary/aromatic N) is 3. The van der Waals surface area contributed by atoms with E-state index in [2.05, 4.69) is 10.2 Å². The van der Waals surface area contributed by atoms with Gasteiger partial charge in [0.2, 0.25) is 11.8 Å². The molecule has 5 rings (SSSR count). The number of rotatable bonds is 7. The first-order chi connectivity index (χ1) is 17.9. The predicted molar refractivity (Wildman–Crippen MR) is 140 cm³/mol. The second-order valence-corrected chi connectivity index (χ2v) is 10.6. The number of likely N-dealkylation sites (N-methyl/N-ethyl adjacent to an activating group) is 1. The van der Waals surface area contributed by atoms with E-state index in [9.17, 15) is 14.4 Å². The number of carbonyl (C=O) groups excluding carboxylic acids is 3. The number of amides is 4. The second-order valence-electron chi connectivity index (χ2n) is 10.2. The molecule has 1 saturated carbocycles. The minimum atomic E-state index is -0.497. The maximum atomic E-state index is 13.9. The Hall–Kier alpha value is -2.94. The van der Waals surface area contributed by atoms with Crippen molar-refractivity contribution in [2.75, 3.05) is 20.7 Å². The number of urea groups is 1. The van der Waals surface area contributed by atoms with Gasteiger partial charge in [0.15, 0.2) is 0 Å². The molecule has 37 heavy (non-hydrogen) atoms. The highest BCUT2D eigenvalue weighted by atomic mass is 35.5. The third-order valence-corrected chi connectivity index (χ3v) is 8.53. The highest BCUT2D eigenvalue weighted by molar-refractivity contribution is 6.31. The normalized spacial score (nSPS) is 27.7. The molecule has 196 valence electrons. The summed E-state index contributed by atoms with van der Waals surface area (Å²) >= 11 is 6.25. The molecule has 3 fully saturated rings. The lowest BCUT2D eigenvalue weighted by molar-refractivity contribution is -0.140. The van der Waals surface area contributed by atoms with Crippen molar-refractivity contribution >= 4 is 29.4 Å². The van der Waals surface area contributed by atoms with Crippen molar-refractivity contribution in [3.05, 3.63) is 70.7 Å². The molecule has 1 N–H and O–H groups in total. The van der Waals surface area contributed by atoms with Gasteiger partial charge < -0.3 is 15.0 Å². The fourth-order valence-corrected chi connectivity index (χ4v) is 6.51. The Balaban J connectivity index is 1.41. The maximum Gasteiger partial charge on any atom is 0.327 e. The topological polar surface area (TPSA) is 82.2 Å². The molecule has 5 atom stereocenters. The van der Waals surface area contributed by atoms with Gasteiger partial charge in [0.05, 0.1) is 18.7 Å². The first-order valence-corrected chi connectivity index (χ1v) is 13.2. The molecule has 0 spiro atoms. The van der Waals surface area contributed by atoms with Gasteiger partial charge in [-0.15, -0.1) is 0 Å². The number of nitrogens with one attached hydrogen (secondary N) is 1. The van der Waals surface area contributed by atoms with Crippen LogP contribution in [0.1, 0.15) is 30.4 Å². The monoisotopic (exact) mass is 524 g/mol. The van der Waals surface area contributed by atoms with E-state index in [1.807, 2.05) is 55.6 Å². The van der Waals surface area contributed by atoms with Crippen molar-refractivity contribution in [2.24, 2.45) is 5.92 Å². The average molecular weight is 525 g/mol. The minimum absolute atomic E-state index is 0.0526. The van der Waals surface area contributed by atoms with Gasteiger partial charge in [-0.3, -0.25) is 19.4 Å². The van der Waals surface area contributed by atoms with E-state index in [-0.39, 0.29) is 55.6 Å². The minimum Gasteiger partial charge on any atom is -0.381 e. The number of hydrogen-bond acceptors (Lipinski definition) is 5. The molecule has 2 aromatic rings. The maximum absolute atomic E-state index is 13.9. The molecular weight excluding hydrogens is 492 g/mol. The predicted octanol–water partition coefficient (Wildman–Crippen LogP) is 3.29. The van der Waals surface area contributed by atoms with E-state index in [1.165, 1.54) is 4.90 Å². The third-order valence-electron chi connectivity index (χ3n) is 8.16. The van der Waals surface area contributed by atoms with Crippen LogP contribution >= 0.6 is 11.6 Å². The van der Waals surface area contributed by atoms with Crippen molar-refractivity contribution in [1.29, 1.82) is 0 Å². The Kier molecular flexibility index (Phi) is 7.51. The SMILES string of the molecule is COC1CCC2C(C1)C1C(C(=O)N(Cc3ccccc3)C(=O)N1CC(=O)NCc1ccccc1Cl)N2C. The average Bonchev–Trinajstić information content (AvgIpc) is 3.20. The largest absolute Gasteiger partial charge is 0.381 e. The molecule has 0 aromatic heterocycles. The van der Waals surface area contributed by atoms with Crippen LogP contribution in [0.3, 0.4) is 0 Å². The number of ether oxygens (including phenoxy) is 1. The van der Waals surface area contributed by atoms with E-state index in [1.54, 1.807) is 18.1 Å². The summed E-state index contributed by atoms with van der Waals surface area (Å²) in [5.74, 6) is -0.430. The highest BCUT2D eigenvalue weighted by Gasteiger charge is 2.60. The Bertz CT molecular complexity index is 1160. The summed E-state index contributed by atoms with van der Waals surface area (Å²) < 4.78 is 5.67. The number of fused-ring (bicyclic) bond motifs is 3. The van der Waals surface area contributed by atoms with Gasteiger partial charge >= 0.3 is 6.03 Å². The third kappa shape index (κ3) is 4.98. The summed E-state index contributed by atoms with van der Waals surface area (Å²) in [6.45, 7) is 0.306. The number of halogens is 1.